The normalized spacial score (nSPS) is 27.0. The number of hydrogen-bond acceptors (Lipinski definition) is 3. The van der Waals surface area contributed by atoms with E-state index in [9.17, 15) is 0 Å². The van der Waals surface area contributed by atoms with E-state index in [0.29, 0.717) is 11.0 Å². The van der Waals surface area contributed by atoms with Crippen molar-refractivity contribution in [3.8, 4) is 0 Å². The van der Waals surface area contributed by atoms with E-state index in [-0.39, 0.29) is 0 Å². The summed E-state index contributed by atoms with van der Waals surface area (Å²) in [5.41, 5.74) is 0.813. The van der Waals surface area contributed by atoms with Crippen LogP contribution in [0.15, 0.2) is 0 Å². The molecule has 1 saturated carbocycles. The molecular formula is C13H26N2O. The Morgan fingerprint density at radius 2 is 1.75 bits per heavy atom. The van der Waals surface area contributed by atoms with Crippen LogP contribution in [0, 0.1) is 5.41 Å². The fourth-order valence-electron chi connectivity index (χ4n) is 2.96. The minimum atomic E-state index is 0.395. The summed E-state index contributed by atoms with van der Waals surface area (Å²) >= 11 is 0. The Morgan fingerprint density at radius 3 is 2.19 bits per heavy atom. The fraction of sp³-hybridized carbons (Fsp3) is 1.00. The van der Waals surface area contributed by atoms with E-state index < -0.39 is 0 Å². The van der Waals surface area contributed by atoms with Crippen LogP contribution in [0.25, 0.3) is 0 Å². The first-order valence-corrected chi connectivity index (χ1v) is 6.52. The van der Waals surface area contributed by atoms with Crippen molar-refractivity contribution in [2.24, 2.45) is 5.41 Å². The molecule has 0 radical (unpaired) electrons. The van der Waals surface area contributed by atoms with Crippen LogP contribution in [0.3, 0.4) is 0 Å². The van der Waals surface area contributed by atoms with Gasteiger partial charge in [-0.1, -0.05) is 19.8 Å². The lowest BCUT2D eigenvalue weighted by Crippen LogP contribution is -2.54. The van der Waals surface area contributed by atoms with Crippen molar-refractivity contribution in [3.05, 3.63) is 0 Å². The highest BCUT2D eigenvalue weighted by Gasteiger charge is 2.37. The van der Waals surface area contributed by atoms with Gasteiger partial charge in [0, 0.05) is 24.0 Å². The Kier molecular flexibility index (Phi) is 3.57. The van der Waals surface area contributed by atoms with Crippen LogP contribution in [0.5, 0.6) is 0 Å². The number of hydrogen-bond donors (Lipinski definition) is 1. The Bertz CT molecular complexity index is 230. The van der Waals surface area contributed by atoms with Crippen LogP contribution in [-0.4, -0.2) is 50.8 Å². The Morgan fingerprint density at radius 1 is 1.12 bits per heavy atom. The average Bonchev–Trinajstić information content (AvgIpc) is 2.65. The zero-order chi connectivity index (χ0) is 11.6. The van der Waals surface area contributed by atoms with Crippen molar-refractivity contribution in [2.45, 2.75) is 38.1 Å². The minimum Gasteiger partial charge on any atom is -0.380 e. The van der Waals surface area contributed by atoms with Crippen LogP contribution in [0.2, 0.25) is 0 Å². The van der Waals surface area contributed by atoms with Gasteiger partial charge in [0.2, 0.25) is 0 Å². The van der Waals surface area contributed by atoms with E-state index in [1.165, 1.54) is 25.7 Å². The summed E-state index contributed by atoms with van der Waals surface area (Å²) in [6.45, 7) is 6.39. The van der Waals surface area contributed by atoms with E-state index in [0.717, 1.165) is 26.3 Å². The third-order valence-corrected chi connectivity index (χ3v) is 4.39. The molecule has 1 aliphatic heterocycles. The van der Waals surface area contributed by atoms with Gasteiger partial charge in [0.1, 0.15) is 0 Å². The fourth-order valence-corrected chi connectivity index (χ4v) is 2.96. The molecule has 2 rings (SSSR count). The van der Waals surface area contributed by atoms with Crippen LogP contribution in [-0.2, 0) is 4.74 Å². The van der Waals surface area contributed by atoms with E-state index in [2.05, 4.69) is 31.2 Å². The van der Waals surface area contributed by atoms with Gasteiger partial charge < -0.3 is 15.0 Å². The summed E-state index contributed by atoms with van der Waals surface area (Å²) in [7, 11) is 4.45. The van der Waals surface area contributed by atoms with Crippen molar-refractivity contribution in [1.82, 2.24) is 10.2 Å². The Balaban J connectivity index is 1.78. The number of likely N-dealkylation sites (N-methyl/N-ethyl adjacent to an activating group) is 1. The lowest BCUT2D eigenvalue weighted by Gasteiger charge is -2.41. The molecule has 2 aliphatic rings. The summed E-state index contributed by atoms with van der Waals surface area (Å²) < 4.78 is 5.28. The molecule has 1 aliphatic carbocycles. The highest BCUT2D eigenvalue weighted by molar-refractivity contribution is 4.95. The molecule has 0 atom stereocenters. The summed E-state index contributed by atoms with van der Waals surface area (Å²) in [6.07, 6.45) is 5.47. The van der Waals surface area contributed by atoms with Gasteiger partial charge >= 0.3 is 0 Å². The van der Waals surface area contributed by atoms with Crippen LogP contribution < -0.4 is 5.32 Å². The quantitative estimate of drug-likeness (QED) is 0.768. The maximum Gasteiger partial charge on any atom is 0.0554 e. The standard InChI is InChI=1S/C13H26N2O/c1-12(10-16-11-12)8-14-9-13(15(2)3)6-4-5-7-13/h14H,4-11H2,1-3H3. The van der Waals surface area contributed by atoms with E-state index in [1.807, 2.05) is 0 Å². The third kappa shape index (κ3) is 2.41. The van der Waals surface area contributed by atoms with E-state index >= 15 is 0 Å². The Labute approximate surface area is 99.5 Å². The van der Waals surface area contributed by atoms with Crippen molar-refractivity contribution < 1.29 is 4.74 Å². The number of ether oxygens (including phenoxy) is 1. The molecule has 3 heteroatoms. The van der Waals surface area contributed by atoms with E-state index in [1.54, 1.807) is 0 Å². The first-order chi connectivity index (χ1) is 7.56. The number of nitrogens with one attached hydrogen (secondary N) is 1. The van der Waals surface area contributed by atoms with Gasteiger partial charge in [-0.25, -0.2) is 0 Å². The van der Waals surface area contributed by atoms with E-state index in [4.69, 9.17) is 4.74 Å². The molecule has 0 bridgehead atoms. The molecule has 0 amide bonds. The number of nitrogens with zero attached hydrogens (tertiary/aromatic N) is 1. The molecule has 94 valence electrons. The third-order valence-electron chi connectivity index (χ3n) is 4.39. The smallest absolute Gasteiger partial charge is 0.0554 e. The molecule has 0 unspecified atom stereocenters. The average molecular weight is 226 g/mol. The SMILES string of the molecule is CN(C)C1(CNCC2(C)COC2)CCCC1. The largest absolute Gasteiger partial charge is 0.380 e. The van der Waals surface area contributed by atoms with Crippen LogP contribution in [0.1, 0.15) is 32.6 Å². The van der Waals surface area contributed by atoms with Gasteiger partial charge in [-0.2, -0.15) is 0 Å². The molecule has 0 aromatic rings. The van der Waals surface area contributed by atoms with Gasteiger partial charge in [0.05, 0.1) is 13.2 Å². The first kappa shape index (κ1) is 12.3. The molecule has 1 heterocycles. The monoisotopic (exact) mass is 226 g/mol. The number of rotatable bonds is 5. The zero-order valence-electron chi connectivity index (χ0n) is 11.0. The molecule has 1 N–H and O–H groups in total. The predicted molar refractivity (Wildman–Crippen MR) is 66.7 cm³/mol. The summed E-state index contributed by atoms with van der Waals surface area (Å²) in [4.78, 5) is 2.42. The highest BCUT2D eigenvalue weighted by atomic mass is 16.5. The second-order valence-corrected chi connectivity index (χ2v) is 6.23. The summed E-state index contributed by atoms with van der Waals surface area (Å²) in [5, 5.41) is 3.67. The van der Waals surface area contributed by atoms with Gasteiger partial charge in [0.25, 0.3) is 0 Å². The lowest BCUT2D eigenvalue weighted by atomic mass is 9.88. The second kappa shape index (κ2) is 4.63. The highest BCUT2D eigenvalue weighted by Crippen LogP contribution is 2.33. The lowest BCUT2D eigenvalue weighted by molar-refractivity contribution is -0.0998. The van der Waals surface area contributed by atoms with Crippen molar-refractivity contribution >= 4 is 0 Å². The maximum absolute atomic E-state index is 5.28. The van der Waals surface area contributed by atoms with Crippen molar-refractivity contribution in [1.29, 1.82) is 0 Å². The summed E-state index contributed by atoms with van der Waals surface area (Å²) in [5.74, 6) is 0. The molecule has 0 aromatic heterocycles. The van der Waals surface area contributed by atoms with Gasteiger partial charge in [-0.05, 0) is 26.9 Å². The topological polar surface area (TPSA) is 24.5 Å². The minimum absolute atomic E-state index is 0.395. The maximum atomic E-state index is 5.28. The van der Waals surface area contributed by atoms with Gasteiger partial charge in [-0.15, -0.1) is 0 Å². The Hall–Kier alpha value is -0.120. The van der Waals surface area contributed by atoms with Crippen LogP contribution in [0.4, 0.5) is 0 Å². The molecule has 0 aromatic carbocycles. The van der Waals surface area contributed by atoms with Gasteiger partial charge in [-0.3, -0.25) is 0 Å². The summed E-state index contributed by atoms with van der Waals surface area (Å²) in [6, 6.07) is 0. The molecule has 1 saturated heterocycles. The predicted octanol–water partition coefficient (Wildman–Crippen LogP) is 1.49. The molecule has 3 nitrogen and oxygen atoms in total. The van der Waals surface area contributed by atoms with Crippen LogP contribution >= 0.6 is 0 Å². The molecular weight excluding hydrogens is 200 g/mol. The first-order valence-electron chi connectivity index (χ1n) is 6.52. The second-order valence-electron chi connectivity index (χ2n) is 6.23. The molecule has 2 fully saturated rings. The molecule has 0 spiro atoms. The van der Waals surface area contributed by atoms with Crippen molar-refractivity contribution in [2.75, 3.05) is 40.4 Å². The van der Waals surface area contributed by atoms with Crippen molar-refractivity contribution in [3.63, 3.8) is 0 Å². The molecule has 16 heavy (non-hydrogen) atoms. The zero-order valence-corrected chi connectivity index (χ0v) is 11.0. The van der Waals surface area contributed by atoms with Gasteiger partial charge in [0.15, 0.2) is 0 Å².